The fourth-order valence-corrected chi connectivity index (χ4v) is 4.88. The average Bonchev–Trinajstić information content (AvgIpc) is 2.81. The molecule has 0 aliphatic heterocycles. The predicted molar refractivity (Wildman–Crippen MR) is 142 cm³/mol. The van der Waals surface area contributed by atoms with Gasteiger partial charge >= 0.3 is 0 Å². The van der Waals surface area contributed by atoms with Gasteiger partial charge in [-0.2, -0.15) is 0 Å². The number of unbranched alkanes of at least 4 members (excludes halogenated alkanes) is 1. The number of carbonyl (C=O) groups excluding carboxylic acids is 2. The molecule has 0 bridgehead atoms. The first-order valence-electron chi connectivity index (χ1n) is 12.0. The van der Waals surface area contributed by atoms with Crippen molar-refractivity contribution in [2.45, 2.75) is 52.0 Å². The van der Waals surface area contributed by atoms with Gasteiger partial charge in [-0.25, -0.2) is 8.42 Å². The Morgan fingerprint density at radius 2 is 1.74 bits per heavy atom. The number of carbonyl (C=O) groups is 2. The SMILES string of the molecule is CCCCNC(=O)C(C)N(CCc1ccccc1)C(=O)CCCN(c1cccc(Cl)c1)S(C)(=O)=O. The maximum atomic E-state index is 13.2. The summed E-state index contributed by atoms with van der Waals surface area (Å²) in [6, 6.07) is 15.8. The number of nitrogens with zero attached hydrogens (tertiary/aromatic N) is 2. The quantitative estimate of drug-likeness (QED) is 0.376. The first kappa shape index (κ1) is 28.7. The van der Waals surface area contributed by atoms with Crippen molar-refractivity contribution < 1.29 is 18.0 Å². The zero-order valence-electron chi connectivity index (χ0n) is 20.7. The fraction of sp³-hybridized carbons (Fsp3) is 0.462. The second-order valence-corrected chi connectivity index (χ2v) is 10.9. The van der Waals surface area contributed by atoms with Gasteiger partial charge in [-0.15, -0.1) is 0 Å². The van der Waals surface area contributed by atoms with E-state index in [1.807, 2.05) is 30.3 Å². The molecule has 1 unspecified atom stereocenters. The maximum Gasteiger partial charge on any atom is 0.242 e. The number of hydrogen-bond acceptors (Lipinski definition) is 4. The highest BCUT2D eigenvalue weighted by Gasteiger charge is 2.26. The van der Waals surface area contributed by atoms with Crippen LogP contribution in [0, 0.1) is 0 Å². The lowest BCUT2D eigenvalue weighted by molar-refractivity contribution is -0.139. The third-order valence-corrected chi connectivity index (χ3v) is 7.16. The molecule has 1 atom stereocenters. The molecular formula is C26H36ClN3O4S. The van der Waals surface area contributed by atoms with Crippen molar-refractivity contribution >= 4 is 39.1 Å². The van der Waals surface area contributed by atoms with Crippen molar-refractivity contribution in [1.29, 1.82) is 0 Å². The average molecular weight is 522 g/mol. The first-order chi connectivity index (χ1) is 16.6. The van der Waals surface area contributed by atoms with E-state index in [0.717, 1.165) is 24.7 Å². The van der Waals surface area contributed by atoms with E-state index >= 15 is 0 Å². The normalized spacial score (nSPS) is 12.1. The molecule has 0 aliphatic carbocycles. The number of rotatable bonds is 14. The van der Waals surface area contributed by atoms with Gasteiger partial charge in [0.05, 0.1) is 11.9 Å². The minimum atomic E-state index is -3.56. The highest BCUT2D eigenvalue weighted by Crippen LogP contribution is 2.22. The van der Waals surface area contributed by atoms with Gasteiger partial charge < -0.3 is 10.2 Å². The number of nitrogens with one attached hydrogen (secondary N) is 1. The summed E-state index contributed by atoms with van der Waals surface area (Å²) in [6.07, 6.45) is 4.02. The van der Waals surface area contributed by atoms with Gasteiger partial charge in [0.15, 0.2) is 0 Å². The van der Waals surface area contributed by atoms with Crippen molar-refractivity contribution in [3.8, 4) is 0 Å². The van der Waals surface area contributed by atoms with Crippen LogP contribution in [0.5, 0.6) is 0 Å². The zero-order valence-corrected chi connectivity index (χ0v) is 22.3. The van der Waals surface area contributed by atoms with Crippen molar-refractivity contribution in [3.05, 3.63) is 65.2 Å². The molecule has 2 rings (SSSR count). The monoisotopic (exact) mass is 521 g/mol. The predicted octanol–water partition coefficient (Wildman–Crippen LogP) is 4.26. The van der Waals surface area contributed by atoms with Crippen LogP contribution in [0.1, 0.15) is 45.1 Å². The minimum Gasteiger partial charge on any atom is -0.354 e. The standard InChI is InChI=1S/C26H36ClN3O4S/c1-4-5-17-28-26(32)21(2)29(19-16-22-11-7-6-8-12-22)25(31)15-10-18-30(35(3,33)34)24-14-9-13-23(27)20-24/h6-9,11-14,20-21H,4-5,10,15-19H2,1-3H3,(H,28,32). The van der Waals surface area contributed by atoms with Gasteiger partial charge in [0.1, 0.15) is 6.04 Å². The van der Waals surface area contributed by atoms with Crippen molar-refractivity contribution in [1.82, 2.24) is 10.2 Å². The molecule has 35 heavy (non-hydrogen) atoms. The molecule has 0 fully saturated rings. The summed E-state index contributed by atoms with van der Waals surface area (Å²) in [6.45, 7) is 4.89. The Labute approximate surface area is 214 Å². The van der Waals surface area contributed by atoms with E-state index in [2.05, 4.69) is 12.2 Å². The number of benzene rings is 2. The Morgan fingerprint density at radius 1 is 1.03 bits per heavy atom. The van der Waals surface area contributed by atoms with E-state index in [1.165, 1.54) is 4.31 Å². The Balaban J connectivity index is 2.08. The minimum absolute atomic E-state index is 0.119. The molecule has 0 spiro atoms. The van der Waals surface area contributed by atoms with Crippen LogP contribution in [0.2, 0.25) is 5.02 Å². The summed E-state index contributed by atoms with van der Waals surface area (Å²) >= 11 is 6.04. The van der Waals surface area contributed by atoms with Crippen LogP contribution in [0.4, 0.5) is 5.69 Å². The van der Waals surface area contributed by atoms with Crippen molar-refractivity contribution in [2.75, 3.05) is 30.2 Å². The molecular weight excluding hydrogens is 486 g/mol. The van der Waals surface area contributed by atoms with Crippen LogP contribution in [0.3, 0.4) is 0 Å². The van der Waals surface area contributed by atoms with Gasteiger partial charge in [-0.1, -0.05) is 61.3 Å². The second-order valence-electron chi connectivity index (χ2n) is 8.56. The number of sulfonamides is 1. The number of amides is 2. The molecule has 0 aromatic heterocycles. The number of halogens is 1. The van der Waals surface area contributed by atoms with Gasteiger partial charge in [0, 0.05) is 31.1 Å². The van der Waals surface area contributed by atoms with E-state index in [9.17, 15) is 18.0 Å². The molecule has 0 heterocycles. The lowest BCUT2D eigenvalue weighted by Gasteiger charge is -2.29. The first-order valence-corrected chi connectivity index (χ1v) is 14.2. The molecule has 0 radical (unpaired) electrons. The summed E-state index contributed by atoms with van der Waals surface area (Å²) in [5.41, 5.74) is 1.53. The van der Waals surface area contributed by atoms with E-state index in [-0.39, 0.29) is 24.8 Å². The second kappa shape index (κ2) is 14.1. The lowest BCUT2D eigenvalue weighted by atomic mass is 10.1. The summed E-state index contributed by atoms with van der Waals surface area (Å²) < 4.78 is 26.0. The third kappa shape index (κ3) is 9.53. The molecule has 0 saturated heterocycles. The fourth-order valence-electron chi connectivity index (χ4n) is 3.74. The lowest BCUT2D eigenvalue weighted by Crippen LogP contribution is -2.49. The summed E-state index contributed by atoms with van der Waals surface area (Å²) in [5.74, 6) is -0.366. The van der Waals surface area contributed by atoms with Crippen molar-refractivity contribution in [2.24, 2.45) is 0 Å². The molecule has 7 nitrogen and oxygen atoms in total. The highest BCUT2D eigenvalue weighted by molar-refractivity contribution is 7.92. The van der Waals surface area contributed by atoms with Crippen LogP contribution in [-0.2, 0) is 26.0 Å². The Kier molecular flexibility index (Phi) is 11.5. The molecule has 192 valence electrons. The smallest absolute Gasteiger partial charge is 0.242 e. The van der Waals surface area contributed by atoms with Crippen LogP contribution in [0.25, 0.3) is 0 Å². The molecule has 2 aromatic rings. The van der Waals surface area contributed by atoms with Gasteiger partial charge in [0.2, 0.25) is 21.8 Å². The van der Waals surface area contributed by atoms with Gasteiger partial charge in [0.25, 0.3) is 0 Å². The van der Waals surface area contributed by atoms with Crippen LogP contribution < -0.4 is 9.62 Å². The Bertz CT molecular complexity index is 1060. The zero-order chi connectivity index (χ0) is 25.8. The molecule has 2 aromatic carbocycles. The topological polar surface area (TPSA) is 86.8 Å². The van der Waals surface area contributed by atoms with Crippen LogP contribution >= 0.6 is 11.6 Å². The van der Waals surface area contributed by atoms with Crippen LogP contribution in [-0.4, -0.2) is 57.1 Å². The number of anilines is 1. The van der Waals surface area contributed by atoms with Crippen molar-refractivity contribution in [3.63, 3.8) is 0 Å². The van der Waals surface area contributed by atoms with E-state index < -0.39 is 16.1 Å². The molecule has 2 amide bonds. The molecule has 9 heteroatoms. The van der Waals surface area contributed by atoms with Gasteiger partial charge in [-0.05, 0) is 49.9 Å². The third-order valence-electron chi connectivity index (χ3n) is 5.73. The molecule has 1 N–H and O–H groups in total. The molecule has 0 aliphatic rings. The Hall–Kier alpha value is -2.58. The van der Waals surface area contributed by atoms with E-state index in [1.54, 1.807) is 36.1 Å². The maximum absolute atomic E-state index is 13.2. The van der Waals surface area contributed by atoms with E-state index in [4.69, 9.17) is 11.6 Å². The Morgan fingerprint density at radius 3 is 2.37 bits per heavy atom. The van der Waals surface area contributed by atoms with Gasteiger partial charge in [-0.3, -0.25) is 13.9 Å². The summed E-state index contributed by atoms with van der Waals surface area (Å²) in [5, 5.41) is 3.34. The van der Waals surface area contributed by atoms with Crippen LogP contribution in [0.15, 0.2) is 54.6 Å². The molecule has 0 saturated carbocycles. The number of hydrogen-bond donors (Lipinski definition) is 1. The largest absolute Gasteiger partial charge is 0.354 e. The summed E-state index contributed by atoms with van der Waals surface area (Å²) in [4.78, 5) is 27.5. The van der Waals surface area contributed by atoms with E-state index in [0.29, 0.717) is 36.6 Å². The highest BCUT2D eigenvalue weighted by atomic mass is 35.5. The summed E-state index contributed by atoms with van der Waals surface area (Å²) in [7, 11) is -3.56.